The third kappa shape index (κ3) is 3.44. The summed E-state index contributed by atoms with van der Waals surface area (Å²) in [7, 11) is 3.56. The fraction of sp³-hybridized carbons (Fsp3) is 0.900. The summed E-state index contributed by atoms with van der Waals surface area (Å²) in [6.07, 6.45) is 0.733. The highest BCUT2D eigenvalue weighted by Gasteiger charge is 2.28. The first-order valence-electron chi connectivity index (χ1n) is 5.43. The number of carbonyl (C=O) groups is 1. The predicted molar refractivity (Wildman–Crippen MR) is 58.6 cm³/mol. The van der Waals surface area contributed by atoms with Gasteiger partial charge in [-0.2, -0.15) is 0 Å². The summed E-state index contributed by atoms with van der Waals surface area (Å²) < 4.78 is 0. The first kappa shape index (κ1) is 12.4. The highest BCUT2D eigenvalue weighted by molar-refractivity contribution is 5.81. The minimum absolute atomic E-state index is 0.0692. The Bertz CT molecular complexity index is 209. The smallest absolute Gasteiger partial charge is 0.240 e. The third-order valence-electron chi connectivity index (χ3n) is 2.68. The van der Waals surface area contributed by atoms with Crippen LogP contribution in [0.1, 0.15) is 6.42 Å². The number of aliphatic hydroxyl groups is 1. The Morgan fingerprint density at radius 2 is 2.33 bits per heavy atom. The normalized spacial score (nSPS) is 22.7. The van der Waals surface area contributed by atoms with Gasteiger partial charge in [-0.1, -0.05) is 0 Å². The Morgan fingerprint density at radius 1 is 1.60 bits per heavy atom. The van der Waals surface area contributed by atoms with Crippen LogP contribution in [-0.2, 0) is 4.79 Å². The number of aliphatic hydroxyl groups excluding tert-OH is 1. The minimum Gasteiger partial charge on any atom is -0.396 e. The SMILES string of the molecule is CN(C)C(=O)C1CNCCN1CCCO. The number of likely N-dealkylation sites (N-methyl/N-ethyl adjacent to an activating group) is 1. The maximum atomic E-state index is 11.9. The molecule has 5 nitrogen and oxygen atoms in total. The molecule has 0 bridgehead atoms. The van der Waals surface area contributed by atoms with Crippen molar-refractivity contribution in [2.24, 2.45) is 0 Å². The zero-order valence-electron chi connectivity index (χ0n) is 9.57. The van der Waals surface area contributed by atoms with Gasteiger partial charge in [0.05, 0.1) is 0 Å². The second-order valence-corrected chi connectivity index (χ2v) is 4.07. The molecule has 0 aromatic rings. The molecular formula is C10H21N3O2. The molecule has 0 spiro atoms. The lowest BCUT2D eigenvalue weighted by Crippen LogP contribution is -2.57. The lowest BCUT2D eigenvalue weighted by Gasteiger charge is -2.36. The number of nitrogens with zero attached hydrogens (tertiary/aromatic N) is 2. The maximum absolute atomic E-state index is 11.9. The molecule has 1 amide bonds. The summed E-state index contributed by atoms with van der Waals surface area (Å²) in [5.41, 5.74) is 0. The van der Waals surface area contributed by atoms with Crippen molar-refractivity contribution >= 4 is 5.91 Å². The van der Waals surface area contributed by atoms with E-state index < -0.39 is 0 Å². The molecule has 0 aromatic heterocycles. The lowest BCUT2D eigenvalue weighted by atomic mass is 10.1. The van der Waals surface area contributed by atoms with Gasteiger partial charge in [-0.3, -0.25) is 9.69 Å². The van der Waals surface area contributed by atoms with E-state index in [1.165, 1.54) is 0 Å². The van der Waals surface area contributed by atoms with Gasteiger partial charge < -0.3 is 15.3 Å². The maximum Gasteiger partial charge on any atom is 0.240 e. The monoisotopic (exact) mass is 215 g/mol. The van der Waals surface area contributed by atoms with Gasteiger partial charge in [0.2, 0.25) is 5.91 Å². The number of rotatable bonds is 4. The Kier molecular flexibility index (Phi) is 5.01. The van der Waals surface area contributed by atoms with Crippen LogP contribution < -0.4 is 5.32 Å². The van der Waals surface area contributed by atoms with Crippen molar-refractivity contribution in [2.75, 3.05) is 46.9 Å². The zero-order chi connectivity index (χ0) is 11.3. The molecule has 88 valence electrons. The molecule has 0 aromatic carbocycles. The number of hydrogen-bond acceptors (Lipinski definition) is 4. The second-order valence-electron chi connectivity index (χ2n) is 4.07. The van der Waals surface area contributed by atoms with Crippen LogP contribution in [0, 0.1) is 0 Å². The topological polar surface area (TPSA) is 55.8 Å². The summed E-state index contributed by atoms with van der Waals surface area (Å²) >= 11 is 0. The largest absolute Gasteiger partial charge is 0.396 e. The van der Waals surface area contributed by atoms with Crippen LogP contribution in [0.4, 0.5) is 0 Å². The van der Waals surface area contributed by atoms with Crippen LogP contribution >= 0.6 is 0 Å². The van der Waals surface area contributed by atoms with Crippen LogP contribution in [-0.4, -0.2) is 73.7 Å². The van der Waals surface area contributed by atoms with Crippen molar-refractivity contribution < 1.29 is 9.90 Å². The van der Waals surface area contributed by atoms with Crippen LogP contribution in [0.25, 0.3) is 0 Å². The molecule has 2 N–H and O–H groups in total. The number of carbonyl (C=O) groups excluding carboxylic acids is 1. The fourth-order valence-corrected chi connectivity index (χ4v) is 1.83. The molecule has 0 radical (unpaired) electrons. The van der Waals surface area contributed by atoms with Gasteiger partial charge in [0, 0.05) is 46.9 Å². The summed E-state index contributed by atoms with van der Waals surface area (Å²) in [4.78, 5) is 15.6. The Labute approximate surface area is 91.0 Å². The van der Waals surface area contributed by atoms with Crippen molar-refractivity contribution in [1.29, 1.82) is 0 Å². The van der Waals surface area contributed by atoms with E-state index in [9.17, 15) is 4.79 Å². The van der Waals surface area contributed by atoms with Crippen molar-refractivity contribution in [3.63, 3.8) is 0 Å². The van der Waals surface area contributed by atoms with Gasteiger partial charge in [0.25, 0.3) is 0 Å². The third-order valence-corrected chi connectivity index (χ3v) is 2.68. The molecule has 1 fully saturated rings. The van der Waals surface area contributed by atoms with Gasteiger partial charge in [0.1, 0.15) is 6.04 Å². The molecule has 1 rings (SSSR count). The summed E-state index contributed by atoms with van der Waals surface area (Å²) in [5, 5.41) is 12.0. The molecule has 5 heteroatoms. The highest BCUT2D eigenvalue weighted by atomic mass is 16.3. The average molecular weight is 215 g/mol. The van der Waals surface area contributed by atoms with Crippen LogP contribution in [0.15, 0.2) is 0 Å². The number of nitrogens with one attached hydrogen (secondary N) is 1. The van der Waals surface area contributed by atoms with E-state index >= 15 is 0 Å². The van der Waals surface area contributed by atoms with Gasteiger partial charge in [0.15, 0.2) is 0 Å². The van der Waals surface area contributed by atoms with E-state index in [4.69, 9.17) is 5.11 Å². The fourth-order valence-electron chi connectivity index (χ4n) is 1.83. The minimum atomic E-state index is -0.0692. The molecule has 15 heavy (non-hydrogen) atoms. The van der Waals surface area contributed by atoms with Crippen LogP contribution in [0.3, 0.4) is 0 Å². The van der Waals surface area contributed by atoms with Crippen molar-refractivity contribution in [3.05, 3.63) is 0 Å². The van der Waals surface area contributed by atoms with E-state index in [1.807, 2.05) is 0 Å². The van der Waals surface area contributed by atoms with E-state index in [0.717, 1.165) is 26.1 Å². The molecular weight excluding hydrogens is 194 g/mol. The Hall–Kier alpha value is -0.650. The van der Waals surface area contributed by atoms with Gasteiger partial charge in [-0.25, -0.2) is 0 Å². The van der Waals surface area contributed by atoms with E-state index in [0.29, 0.717) is 6.54 Å². The van der Waals surface area contributed by atoms with Gasteiger partial charge >= 0.3 is 0 Å². The highest BCUT2D eigenvalue weighted by Crippen LogP contribution is 2.06. The molecule has 1 unspecified atom stereocenters. The van der Waals surface area contributed by atoms with E-state index in [2.05, 4.69) is 10.2 Å². The van der Waals surface area contributed by atoms with E-state index in [1.54, 1.807) is 19.0 Å². The van der Waals surface area contributed by atoms with E-state index in [-0.39, 0.29) is 18.6 Å². The molecule has 1 atom stereocenters. The molecule has 1 heterocycles. The van der Waals surface area contributed by atoms with Gasteiger partial charge in [-0.15, -0.1) is 0 Å². The van der Waals surface area contributed by atoms with Gasteiger partial charge in [-0.05, 0) is 6.42 Å². The van der Waals surface area contributed by atoms with Crippen molar-refractivity contribution in [3.8, 4) is 0 Å². The first-order chi connectivity index (χ1) is 7.16. The van der Waals surface area contributed by atoms with Crippen molar-refractivity contribution in [1.82, 2.24) is 15.1 Å². The van der Waals surface area contributed by atoms with Crippen LogP contribution in [0.2, 0.25) is 0 Å². The average Bonchev–Trinajstić information content (AvgIpc) is 2.25. The first-order valence-corrected chi connectivity index (χ1v) is 5.43. The molecule has 1 aliphatic rings. The van der Waals surface area contributed by atoms with Crippen molar-refractivity contribution in [2.45, 2.75) is 12.5 Å². The Morgan fingerprint density at radius 3 is 2.93 bits per heavy atom. The lowest BCUT2D eigenvalue weighted by molar-refractivity contribution is -0.135. The second kappa shape index (κ2) is 6.05. The standard InChI is InChI=1S/C10H21N3O2/c1-12(2)10(15)9-8-11-4-6-13(9)5-3-7-14/h9,11,14H,3-8H2,1-2H3. The molecule has 1 saturated heterocycles. The quantitative estimate of drug-likeness (QED) is 0.614. The number of hydrogen-bond donors (Lipinski definition) is 2. The molecule has 1 aliphatic heterocycles. The number of piperazine rings is 1. The zero-order valence-corrected chi connectivity index (χ0v) is 9.57. The van der Waals surface area contributed by atoms with Crippen LogP contribution in [0.5, 0.6) is 0 Å². The Balaban J connectivity index is 2.53. The summed E-state index contributed by atoms with van der Waals surface area (Å²) in [6, 6.07) is -0.0692. The molecule has 0 saturated carbocycles. The number of amides is 1. The molecule has 0 aliphatic carbocycles. The summed E-state index contributed by atoms with van der Waals surface area (Å²) in [6.45, 7) is 3.49. The summed E-state index contributed by atoms with van der Waals surface area (Å²) in [5.74, 6) is 0.139. The predicted octanol–water partition coefficient (Wildman–Crippen LogP) is -1.27.